The zero-order valence-corrected chi connectivity index (χ0v) is 14.2. The van der Waals surface area contributed by atoms with Crippen molar-refractivity contribution >= 4 is 35.6 Å². The number of halogens is 2. The number of piperidine rings is 1. The minimum absolute atomic E-state index is 0. The lowest BCUT2D eigenvalue weighted by Gasteiger charge is -2.28. The number of amides is 1. The Kier molecular flexibility index (Phi) is 5.95. The maximum Gasteiger partial charge on any atom is 0.224 e. The second kappa shape index (κ2) is 7.53. The van der Waals surface area contributed by atoms with Gasteiger partial charge < -0.3 is 15.4 Å². The van der Waals surface area contributed by atoms with Crippen LogP contribution in [0.3, 0.4) is 0 Å². The van der Waals surface area contributed by atoms with E-state index in [0.29, 0.717) is 35.2 Å². The van der Waals surface area contributed by atoms with Gasteiger partial charge in [0.25, 0.3) is 0 Å². The van der Waals surface area contributed by atoms with Crippen LogP contribution in [0.15, 0.2) is 18.2 Å². The number of hydrogen-bond acceptors (Lipinski definition) is 3. The van der Waals surface area contributed by atoms with Gasteiger partial charge in [-0.2, -0.15) is 0 Å². The predicted octanol–water partition coefficient (Wildman–Crippen LogP) is 3.63. The average molecular weight is 345 g/mol. The van der Waals surface area contributed by atoms with Crippen molar-refractivity contribution in [1.29, 1.82) is 0 Å². The summed E-state index contributed by atoms with van der Waals surface area (Å²) in [6.07, 6.45) is 5.36. The standard InChI is InChI=1S/C16H21ClN2O2.ClH/c1-21-15-9-13(4-5-14(15)17)19-16(20)8-10-6-11-2-3-12(7-10)18-11;/h4-5,9-12,18H,2-3,6-8H2,1H3,(H,19,20);1H. The van der Waals surface area contributed by atoms with Gasteiger partial charge in [0.2, 0.25) is 5.91 Å². The summed E-state index contributed by atoms with van der Waals surface area (Å²) < 4.78 is 5.16. The third kappa shape index (κ3) is 4.06. The molecule has 0 saturated carbocycles. The highest BCUT2D eigenvalue weighted by Crippen LogP contribution is 2.33. The van der Waals surface area contributed by atoms with E-state index in [4.69, 9.17) is 16.3 Å². The summed E-state index contributed by atoms with van der Waals surface area (Å²) in [7, 11) is 1.57. The van der Waals surface area contributed by atoms with E-state index >= 15 is 0 Å². The van der Waals surface area contributed by atoms with Crippen molar-refractivity contribution in [3.05, 3.63) is 23.2 Å². The Morgan fingerprint density at radius 2 is 2.05 bits per heavy atom. The van der Waals surface area contributed by atoms with Crippen LogP contribution in [-0.2, 0) is 4.79 Å². The van der Waals surface area contributed by atoms with Crippen LogP contribution in [0, 0.1) is 5.92 Å². The first-order valence-corrected chi connectivity index (χ1v) is 7.91. The molecule has 2 unspecified atom stereocenters. The molecule has 4 nitrogen and oxygen atoms in total. The fourth-order valence-corrected chi connectivity index (χ4v) is 3.75. The Labute approximate surface area is 142 Å². The fourth-order valence-electron chi connectivity index (χ4n) is 3.55. The number of rotatable bonds is 4. The molecule has 2 atom stereocenters. The lowest BCUT2D eigenvalue weighted by atomic mass is 9.89. The molecular weight excluding hydrogens is 323 g/mol. The largest absolute Gasteiger partial charge is 0.495 e. The van der Waals surface area contributed by atoms with E-state index in [1.54, 1.807) is 25.3 Å². The summed E-state index contributed by atoms with van der Waals surface area (Å²) in [6, 6.07) is 6.54. The predicted molar refractivity (Wildman–Crippen MR) is 91.2 cm³/mol. The van der Waals surface area contributed by atoms with E-state index in [2.05, 4.69) is 10.6 Å². The van der Waals surface area contributed by atoms with Crippen molar-refractivity contribution < 1.29 is 9.53 Å². The maximum atomic E-state index is 12.2. The molecule has 0 aromatic heterocycles. The molecule has 122 valence electrons. The van der Waals surface area contributed by atoms with E-state index in [0.717, 1.165) is 18.5 Å². The van der Waals surface area contributed by atoms with Crippen LogP contribution in [0.2, 0.25) is 5.02 Å². The number of nitrogens with one attached hydrogen (secondary N) is 2. The van der Waals surface area contributed by atoms with Gasteiger partial charge in [0.1, 0.15) is 5.75 Å². The molecule has 2 fully saturated rings. The molecule has 2 heterocycles. The van der Waals surface area contributed by atoms with E-state index in [9.17, 15) is 4.79 Å². The van der Waals surface area contributed by atoms with Gasteiger partial charge in [-0.3, -0.25) is 4.79 Å². The lowest BCUT2D eigenvalue weighted by molar-refractivity contribution is -0.117. The minimum atomic E-state index is 0. The van der Waals surface area contributed by atoms with Crippen molar-refractivity contribution in [1.82, 2.24) is 5.32 Å². The number of fused-ring (bicyclic) bond motifs is 2. The Morgan fingerprint density at radius 3 is 2.68 bits per heavy atom. The molecule has 2 aliphatic rings. The number of carbonyl (C=O) groups excluding carboxylic acids is 1. The van der Waals surface area contributed by atoms with Crippen molar-refractivity contribution in [3.8, 4) is 5.75 Å². The highest BCUT2D eigenvalue weighted by molar-refractivity contribution is 6.32. The number of anilines is 1. The van der Waals surface area contributed by atoms with Crippen LogP contribution in [-0.4, -0.2) is 25.1 Å². The third-order valence-electron chi connectivity index (χ3n) is 4.48. The van der Waals surface area contributed by atoms with Crippen LogP contribution >= 0.6 is 24.0 Å². The van der Waals surface area contributed by atoms with E-state index in [1.807, 2.05) is 0 Å². The van der Waals surface area contributed by atoms with Crippen molar-refractivity contribution in [3.63, 3.8) is 0 Å². The molecule has 0 radical (unpaired) electrons. The summed E-state index contributed by atoms with van der Waals surface area (Å²) in [4.78, 5) is 12.2. The molecule has 0 spiro atoms. The number of benzene rings is 1. The van der Waals surface area contributed by atoms with E-state index < -0.39 is 0 Å². The first-order chi connectivity index (χ1) is 10.1. The Balaban J connectivity index is 0.00000176. The van der Waals surface area contributed by atoms with Gasteiger partial charge in [0.15, 0.2) is 0 Å². The lowest BCUT2D eigenvalue weighted by Crippen LogP contribution is -2.39. The summed E-state index contributed by atoms with van der Waals surface area (Å²) in [5, 5.41) is 7.09. The first kappa shape index (κ1) is 17.4. The monoisotopic (exact) mass is 344 g/mol. The number of ether oxygens (including phenoxy) is 1. The van der Waals surface area contributed by atoms with Crippen molar-refractivity contribution in [2.45, 2.75) is 44.2 Å². The molecule has 6 heteroatoms. The molecule has 1 aromatic carbocycles. The normalized spacial score (nSPS) is 26.2. The van der Waals surface area contributed by atoms with Crippen LogP contribution in [0.5, 0.6) is 5.75 Å². The van der Waals surface area contributed by atoms with Gasteiger partial charge in [-0.1, -0.05) is 11.6 Å². The molecule has 22 heavy (non-hydrogen) atoms. The Hall–Kier alpha value is -0.970. The van der Waals surface area contributed by atoms with Gasteiger partial charge in [0, 0.05) is 30.3 Å². The SMILES string of the molecule is COc1cc(NC(=O)CC2CC3CCC(C2)N3)ccc1Cl.Cl. The Bertz CT molecular complexity index is 527. The van der Waals surface area contributed by atoms with Crippen molar-refractivity contribution in [2.75, 3.05) is 12.4 Å². The van der Waals surface area contributed by atoms with Gasteiger partial charge in [-0.05, 0) is 43.7 Å². The van der Waals surface area contributed by atoms with Crippen molar-refractivity contribution in [2.24, 2.45) is 5.92 Å². The number of methoxy groups -OCH3 is 1. The molecule has 2 aliphatic heterocycles. The van der Waals surface area contributed by atoms with Gasteiger partial charge >= 0.3 is 0 Å². The van der Waals surface area contributed by atoms with Crippen LogP contribution in [0.4, 0.5) is 5.69 Å². The molecule has 2 bridgehead atoms. The molecule has 3 rings (SSSR count). The van der Waals surface area contributed by atoms with E-state index in [1.165, 1.54) is 12.8 Å². The van der Waals surface area contributed by atoms with Crippen LogP contribution in [0.25, 0.3) is 0 Å². The van der Waals surface area contributed by atoms with Crippen LogP contribution < -0.4 is 15.4 Å². The quantitative estimate of drug-likeness (QED) is 0.876. The number of hydrogen-bond donors (Lipinski definition) is 2. The second-order valence-electron chi connectivity index (χ2n) is 6.08. The second-order valence-corrected chi connectivity index (χ2v) is 6.48. The maximum absolute atomic E-state index is 12.2. The fraction of sp³-hybridized carbons (Fsp3) is 0.562. The zero-order valence-electron chi connectivity index (χ0n) is 12.6. The minimum Gasteiger partial charge on any atom is -0.495 e. The number of carbonyl (C=O) groups is 1. The topological polar surface area (TPSA) is 50.4 Å². The van der Waals surface area contributed by atoms with E-state index in [-0.39, 0.29) is 18.3 Å². The third-order valence-corrected chi connectivity index (χ3v) is 4.79. The molecular formula is C16H22Cl2N2O2. The van der Waals surface area contributed by atoms with Gasteiger partial charge in [0.05, 0.1) is 12.1 Å². The molecule has 0 aliphatic carbocycles. The zero-order chi connectivity index (χ0) is 14.8. The molecule has 1 amide bonds. The summed E-state index contributed by atoms with van der Waals surface area (Å²) in [5.74, 6) is 1.15. The summed E-state index contributed by atoms with van der Waals surface area (Å²) >= 11 is 5.98. The average Bonchev–Trinajstić information content (AvgIpc) is 2.80. The molecule has 2 saturated heterocycles. The molecule has 1 aromatic rings. The first-order valence-electron chi connectivity index (χ1n) is 7.53. The Morgan fingerprint density at radius 1 is 1.36 bits per heavy atom. The summed E-state index contributed by atoms with van der Waals surface area (Å²) in [5.41, 5.74) is 0.734. The van der Waals surface area contributed by atoms with Crippen LogP contribution in [0.1, 0.15) is 32.1 Å². The highest BCUT2D eigenvalue weighted by Gasteiger charge is 2.34. The summed E-state index contributed by atoms with van der Waals surface area (Å²) in [6.45, 7) is 0. The molecule has 2 N–H and O–H groups in total. The smallest absolute Gasteiger partial charge is 0.224 e. The highest BCUT2D eigenvalue weighted by atomic mass is 35.5. The van der Waals surface area contributed by atoms with Gasteiger partial charge in [-0.15, -0.1) is 12.4 Å². The van der Waals surface area contributed by atoms with Gasteiger partial charge in [-0.25, -0.2) is 0 Å².